The number of rotatable bonds is 10. The molecule has 0 saturated heterocycles. The Morgan fingerprint density at radius 2 is 1.97 bits per heavy atom. The summed E-state index contributed by atoms with van der Waals surface area (Å²) in [6, 6.07) is 6.55. The summed E-state index contributed by atoms with van der Waals surface area (Å²) in [5.41, 5.74) is 0.532. The van der Waals surface area contributed by atoms with E-state index in [1.54, 1.807) is 32.0 Å². The Hall–Kier alpha value is -2.11. The quantitative estimate of drug-likeness (QED) is 0.426. The molecule has 1 heterocycles. The maximum atomic E-state index is 12.8. The molecule has 0 unspecified atom stereocenters. The zero-order valence-corrected chi connectivity index (χ0v) is 18.8. The van der Waals surface area contributed by atoms with Crippen molar-refractivity contribution < 1.29 is 13.2 Å². The first-order valence-corrected chi connectivity index (χ1v) is 11.9. The maximum absolute atomic E-state index is 12.8. The highest BCUT2D eigenvalue weighted by atomic mass is 32.2. The summed E-state index contributed by atoms with van der Waals surface area (Å²) in [5.74, 6) is 6.48. The van der Waals surface area contributed by atoms with Gasteiger partial charge in [0, 0.05) is 24.7 Å². The van der Waals surface area contributed by atoms with Gasteiger partial charge >= 0.3 is 0 Å². The molecule has 0 spiro atoms. The molecular formula is C18H28N6O3S2. The molecule has 160 valence electrons. The maximum Gasteiger partial charge on any atom is 0.243 e. The number of carbonyl (C=O) groups is 1. The topological polar surface area (TPSA) is 123 Å². The normalized spacial score (nSPS) is 12.9. The van der Waals surface area contributed by atoms with E-state index in [4.69, 9.17) is 5.84 Å². The van der Waals surface area contributed by atoms with E-state index in [2.05, 4.69) is 15.5 Å². The van der Waals surface area contributed by atoms with Gasteiger partial charge in [-0.2, -0.15) is 4.31 Å². The third kappa shape index (κ3) is 5.49. The summed E-state index contributed by atoms with van der Waals surface area (Å²) in [5, 5.41) is 11.4. The average molecular weight is 441 g/mol. The Balaban J connectivity index is 2.22. The first-order valence-electron chi connectivity index (χ1n) is 9.47. The van der Waals surface area contributed by atoms with Gasteiger partial charge in [-0.3, -0.25) is 4.79 Å². The number of aromatic nitrogens is 3. The van der Waals surface area contributed by atoms with E-state index in [0.29, 0.717) is 29.6 Å². The highest BCUT2D eigenvalue weighted by Gasteiger charge is 2.23. The van der Waals surface area contributed by atoms with Crippen LogP contribution in [0.25, 0.3) is 11.4 Å². The number of carbonyl (C=O) groups excluding carboxylic acids is 1. The van der Waals surface area contributed by atoms with Gasteiger partial charge in [-0.15, -0.1) is 10.2 Å². The van der Waals surface area contributed by atoms with Crippen molar-refractivity contribution in [1.82, 2.24) is 24.5 Å². The summed E-state index contributed by atoms with van der Waals surface area (Å²) >= 11 is 1.17. The number of nitrogen functional groups attached to an aromatic ring is 1. The number of benzene rings is 1. The van der Waals surface area contributed by atoms with E-state index in [1.807, 2.05) is 13.8 Å². The Morgan fingerprint density at radius 1 is 1.28 bits per heavy atom. The Labute approximate surface area is 176 Å². The second-order valence-corrected chi connectivity index (χ2v) is 9.34. The van der Waals surface area contributed by atoms with Crippen LogP contribution in [0.2, 0.25) is 0 Å². The average Bonchev–Trinajstić information content (AvgIpc) is 3.07. The van der Waals surface area contributed by atoms with Crippen molar-refractivity contribution in [1.29, 1.82) is 0 Å². The van der Waals surface area contributed by atoms with Crippen LogP contribution in [0, 0.1) is 0 Å². The molecule has 0 bridgehead atoms. The number of hydrogen-bond acceptors (Lipinski definition) is 7. The number of nitrogens with zero attached hydrogens (tertiary/aromatic N) is 4. The molecule has 1 amide bonds. The van der Waals surface area contributed by atoms with Crippen molar-refractivity contribution in [3.63, 3.8) is 0 Å². The molecule has 0 aliphatic heterocycles. The molecule has 0 saturated carbocycles. The molecular weight excluding hydrogens is 412 g/mol. The van der Waals surface area contributed by atoms with Gasteiger partial charge in [-0.1, -0.05) is 44.7 Å². The van der Waals surface area contributed by atoms with Crippen LogP contribution in [-0.4, -0.2) is 58.4 Å². The fraction of sp³-hybridized carbons (Fsp3) is 0.500. The lowest BCUT2D eigenvalue weighted by atomic mass is 10.2. The zero-order valence-electron chi connectivity index (χ0n) is 17.1. The van der Waals surface area contributed by atoms with Crippen LogP contribution >= 0.6 is 11.8 Å². The molecule has 9 nitrogen and oxygen atoms in total. The van der Waals surface area contributed by atoms with Gasteiger partial charge in [-0.25, -0.2) is 13.1 Å². The summed E-state index contributed by atoms with van der Waals surface area (Å²) in [6.07, 6.45) is 0.848. The number of nitrogens with one attached hydrogen (secondary N) is 1. The monoisotopic (exact) mass is 440 g/mol. The van der Waals surface area contributed by atoms with Crippen molar-refractivity contribution in [3.8, 4) is 11.4 Å². The third-order valence-electron chi connectivity index (χ3n) is 4.45. The SMILES string of the molecule is CC[C@H](C)NC(=O)CSc1nnc(-c2cccc(S(=O)(=O)N(CC)CC)c2)n1N. The van der Waals surface area contributed by atoms with Crippen LogP contribution < -0.4 is 11.2 Å². The minimum Gasteiger partial charge on any atom is -0.353 e. The number of nitrogens with two attached hydrogens (primary N) is 1. The van der Waals surface area contributed by atoms with Gasteiger partial charge in [0.05, 0.1) is 10.6 Å². The third-order valence-corrected chi connectivity index (χ3v) is 7.44. The number of sulfonamides is 1. The molecule has 0 radical (unpaired) electrons. The van der Waals surface area contributed by atoms with Crippen molar-refractivity contribution in [2.24, 2.45) is 0 Å². The van der Waals surface area contributed by atoms with Crippen LogP contribution in [0.5, 0.6) is 0 Å². The van der Waals surface area contributed by atoms with Crippen LogP contribution in [-0.2, 0) is 14.8 Å². The largest absolute Gasteiger partial charge is 0.353 e. The second-order valence-electron chi connectivity index (χ2n) is 6.46. The Kier molecular flexibility index (Phi) is 8.05. The van der Waals surface area contributed by atoms with Gasteiger partial charge in [0.25, 0.3) is 0 Å². The van der Waals surface area contributed by atoms with Crippen LogP contribution in [0.1, 0.15) is 34.1 Å². The molecule has 0 fully saturated rings. The Bertz CT molecular complexity index is 941. The van der Waals surface area contributed by atoms with E-state index in [0.717, 1.165) is 6.42 Å². The van der Waals surface area contributed by atoms with Crippen molar-refractivity contribution in [2.75, 3.05) is 24.7 Å². The van der Waals surface area contributed by atoms with Gasteiger partial charge in [0.2, 0.25) is 21.1 Å². The molecule has 29 heavy (non-hydrogen) atoms. The van der Waals surface area contributed by atoms with Crippen molar-refractivity contribution >= 4 is 27.7 Å². The van der Waals surface area contributed by atoms with E-state index in [-0.39, 0.29) is 22.6 Å². The fourth-order valence-corrected chi connectivity index (χ4v) is 4.80. The van der Waals surface area contributed by atoms with Crippen LogP contribution in [0.3, 0.4) is 0 Å². The minimum atomic E-state index is -3.60. The predicted octanol–water partition coefficient (Wildman–Crippen LogP) is 1.70. The Morgan fingerprint density at radius 3 is 2.59 bits per heavy atom. The van der Waals surface area contributed by atoms with Gasteiger partial charge in [0.15, 0.2) is 5.82 Å². The number of hydrogen-bond donors (Lipinski definition) is 2. The van der Waals surface area contributed by atoms with E-state index < -0.39 is 10.0 Å². The molecule has 0 aliphatic carbocycles. The molecule has 11 heteroatoms. The van der Waals surface area contributed by atoms with Crippen LogP contribution in [0.4, 0.5) is 0 Å². The molecule has 1 aromatic carbocycles. The highest BCUT2D eigenvalue weighted by Crippen LogP contribution is 2.25. The first-order chi connectivity index (χ1) is 13.7. The smallest absolute Gasteiger partial charge is 0.243 e. The van der Waals surface area contributed by atoms with Crippen molar-refractivity contribution in [3.05, 3.63) is 24.3 Å². The lowest BCUT2D eigenvalue weighted by Gasteiger charge is -2.18. The summed E-state index contributed by atoms with van der Waals surface area (Å²) in [7, 11) is -3.60. The van der Waals surface area contributed by atoms with Crippen LogP contribution in [0.15, 0.2) is 34.3 Å². The lowest BCUT2D eigenvalue weighted by molar-refractivity contribution is -0.119. The minimum absolute atomic E-state index is 0.102. The number of thioether (sulfide) groups is 1. The summed E-state index contributed by atoms with van der Waals surface area (Å²) in [6.45, 7) is 8.29. The van der Waals surface area contributed by atoms with E-state index in [9.17, 15) is 13.2 Å². The van der Waals surface area contributed by atoms with Gasteiger partial charge in [0.1, 0.15) is 0 Å². The van der Waals surface area contributed by atoms with E-state index in [1.165, 1.54) is 26.8 Å². The lowest BCUT2D eigenvalue weighted by Crippen LogP contribution is -2.33. The summed E-state index contributed by atoms with van der Waals surface area (Å²) in [4.78, 5) is 12.1. The highest BCUT2D eigenvalue weighted by molar-refractivity contribution is 7.99. The first kappa shape index (κ1) is 23.2. The van der Waals surface area contributed by atoms with Gasteiger partial charge < -0.3 is 11.2 Å². The molecule has 0 aliphatic rings. The van der Waals surface area contributed by atoms with Crippen molar-refractivity contribution in [2.45, 2.75) is 50.2 Å². The molecule has 1 aromatic heterocycles. The molecule has 1 atom stereocenters. The van der Waals surface area contributed by atoms with Gasteiger partial charge in [-0.05, 0) is 25.5 Å². The summed E-state index contributed by atoms with van der Waals surface area (Å²) < 4.78 is 28.2. The molecule has 2 aromatic rings. The molecule has 3 N–H and O–H groups in total. The second kappa shape index (κ2) is 10.1. The molecule has 2 rings (SSSR count). The standard InChI is InChI=1S/C18H28N6O3S2/c1-5-13(4)20-16(25)12-28-18-22-21-17(24(18)19)14-9-8-10-15(11-14)29(26,27)23(6-2)7-3/h8-11,13H,5-7,12,19H2,1-4H3,(H,20,25)/t13-/m0/s1. The number of amides is 1. The zero-order chi connectivity index (χ0) is 21.6. The predicted molar refractivity (Wildman–Crippen MR) is 114 cm³/mol. The van der Waals surface area contributed by atoms with E-state index >= 15 is 0 Å². The fourth-order valence-electron chi connectivity index (χ4n) is 2.63.